The normalized spacial score (nSPS) is 11.2. The molecule has 0 aliphatic carbocycles. The standard InChI is InChI=1S/C25H27F2N3O2/c1-29(2)11-4-3-8-23(31)13-18-6-5-7-19(12-18)17-30-25(32)10-9-24(28-30)20-14-21(26)16-22(27)15-20/h5-7,9-10,12,14-16H,3-4,8,11,13,17H2,1-2H3. The van der Waals surface area contributed by atoms with Crippen molar-refractivity contribution in [1.82, 2.24) is 14.7 Å². The second-order valence-corrected chi connectivity index (χ2v) is 8.17. The van der Waals surface area contributed by atoms with E-state index in [2.05, 4.69) is 10.00 Å². The first-order chi connectivity index (χ1) is 15.3. The Morgan fingerprint density at radius 3 is 2.41 bits per heavy atom. The van der Waals surface area contributed by atoms with Crippen LogP contribution in [0.1, 0.15) is 30.4 Å². The van der Waals surface area contributed by atoms with E-state index >= 15 is 0 Å². The molecule has 0 saturated carbocycles. The lowest BCUT2D eigenvalue weighted by molar-refractivity contribution is -0.118. The van der Waals surface area contributed by atoms with Crippen LogP contribution in [-0.4, -0.2) is 41.1 Å². The zero-order chi connectivity index (χ0) is 23.1. The topological polar surface area (TPSA) is 55.2 Å². The molecule has 0 amide bonds. The van der Waals surface area contributed by atoms with Gasteiger partial charge in [0.15, 0.2) is 0 Å². The quantitative estimate of drug-likeness (QED) is 0.447. The molecular weight excluding hydrogens is 412 g/mol. The van der Waals surface area contributed by atoms with Crippen LogP contribution in [0.2, 0.25) is 0 Å². The average Bonchev–Trinajstić information content (AvgIpc) is 2.72. The van der Waals surface area contributed by atoms with Crippen LogP contribution >= 0.6 is 0 Å². The molecule has 0 radical (unpaired) electrons. The molecule has 0 unspecified atom stereocenters. The Balaban J connectivity index is 1.70. The van der Waals surface area contributed by atoms with Gasteiger partial charge in [-0.25, -0.2) is 13.5 Å². The second kappa shape index (κ2) is 10.9. The zero-order valence-corrected chi connectivity index (χ0v) is 18.4. The minimum absolute atomic E-state index is 0.186. The van der Waals surface area contributed by atoms with Crippen LogP contribution in [-0.2, 0) is 17.8 Å². The van der Waals surface area contributed by atoms with Gasteiger partial charge in [0.1, 0.15) is 17.4 Å². The highest BCUT2D eigenvalue weighted by atomic mass is 19.1. The molecule has 5 nitrogen and oxygen atoms in total. The molecule has 0 aliphatic heterocycles. The van der Waals surface area contributed by atoms with Crippen LogP contribution in [0.3, 0.4) is 0 Å². The molecular formula is C25H27F2N3O2. The molecule has 0 aliphatic rings. The molecule has 0 N–H and O–H groups in total. The predicted octanol–water partition coefficient (Wildman–Crippen LogP) is 4.08. The maximum absolute atomic E-state index is 13.6. The fraction of sp³-hybridized carbons (Fsp3) is 0.320. The van der Waals surface area contributed by atoms with Gasteiger partial charge < -0.3 is 4.90 Å². The van der Waals surface area contributed by atoms with Gasteiger partial charge in [-0.15, -0.1) is 0 Å². The monoisotopic (exact) mass is 439 g/mol. The van der Waals surface area contributed by atoms with E-state index in [4.69, 9.17) is 0 Å². The maximum atomic E-state index is 13.6. The number of benzene rings is 2. The number of Topliss-reactive ketones (excluding diaryl/α,β-unsaturated/α-hetero) is 1. The van der Waals surface area contributed by atoms with Crippen LogP contribution in [0.15, 0.2) is 59.4 Å². The Labute approximate surface area is 186 Å². The van der Waals surface area contributed by atoms with Crippen molar-refractivity contribution in [3.8, 4) is 11.3 Å². The van der Waals surface area contributed by atoms with Crippen molar-refractivity contribution in [2.75, 3.05) is 20.6 Å². The van der Waals surface area contributed by atoms with Gasteiger partial charge in [-0.05, 0) is 62.8 Å². The van der Waals surface area contributed by atoms with Crippen LogP contribution < -0.4 is 5.56 Å². The third-order valence-electron chi connectivity index (χ3n) is 5.06. The summed E-state index contributed by atoms with van der Waals surface area (Å²) in [6.45, 7) is 1.15. The molecule has 3 rings (SSSR count). The highest BCUT2D eigenvalue weighted by Gasteiger charge is 2.09. The Hall–Kier alpha value is -3.19. The van der Waals surface area contributed by atoms with E-state index in [1.807, 2.05) is 38.4 Å². The molecule has 1 heterocycles. The average molecular weight is 440 g/mol. The van der Waals surface area contributed by atoms with Crippen LogP contribution in [0.4, 0.5) is 8.78 Å². The number of carbonyl (C=O) groups is 1. The van der Waals surface area contributed by atoms with Gasteiger partial charge >= 0.3 is 0 Å². The molecule has 168 valence electrons. The third-order valence-corrected chi connectivity index (χ3v) is 5.06. The third kappa shape index (κ3) is 6.92. The summed E-state index contributed by atoms with van der Waals surface area (Å²) in [6.07, 6.45) is 2.74. The summed E-state index contributed by atoms with van der Waals surface area (Å²) in [5.41, 5.74) is 1.93. The smallest absolute Gasteiger partial charge is 0.267 e. The molecule has 2 aromatic carbocycles. The molecule has 0 atom stereocenters. The first-order valence-corrected chi connectivity index (χ1v) is 10.6. The van der Waals surface area contributed by atoms with Crippen molar-refractivity contribution in [3.63, 3.8) is 0 Å². The van der Waals surface area contributed by atoms with Gasteiger partial charge in [0.25, 0.3) is 5.56 Å². The fourth-order valence-corrected chi connectivity index (χ4v) is 3.50. The van der Waals surface area contributed by atoms with E-state index in [1.54, 1.807) is 0 Å². The van der Waals surface area contributed by atoms with Crippen molar-refractivity contribution in [2.24, 2.45) is 0 Å². The molecule has 0 fully saturated rings. The van der Waals surface area contributed by atoms with Gasteiger partial charge in [0.05, 0.1) is 12.2 Å². The molecule has 3 aromatic rings. The van der Waals surface area contributed by atoms with Crippen LogP contribution in [0.5, 0.6) is 0 Å². The number of aromatic nitrogens is 2. The van der Waals surface area contributed by atoms with Gasteiger partial charge in [0.2, 0.25) is 0 Å². The van der Waals surface area contributed by atoms with Gasteiger partial charge in [0, 0.05) is 30.5 Å². The van der Waals surface area contributed by atoms with E-state index in [9.17, 15) is 18.4 Å². The number of hydrogen-bond acceptors (Lipinski definition) is 4. The molecule has 0 spiro atoms. The summed E-state index contributed by atoms with van der Waals surface area (Å²) in [5.74, 6) is -1.23. The predicted molar refractivity (Wildman–Crippen MR) is 121 cm³/mol. The Morgan fingerprint density at radius 2 is 1.69 bits per heavy atom. The molecule has 32 heavy (non-hydrogen) atoms. The Morgan fingerprint density at radius 1 is 0.969 bits per heavy atom. The number of nitrogens with zero attached hydrogens (tertiary/aromatic N) is 3. The van der Waals surface area contributed by atoms with E-state index in [0.717, 1.165) is 36.6 Å². The van der Waals surface area contributed by atoms with E-state index < -0.39 is 11.6 Å². The second-order valence-electron chi connectivity index (χ2n) is 8.17. The van der Waals surface area contributed by atoms with Gasteiger partial charge in [-0.1, -0.05) is 24.3 Å². The SMILES string of the molecule is CN(C)CCCCC(=O)Cc1cccc(Cn2nc(-c3cc(F)cc(F)c3)ccc2=O)c1. The lowest BCUT2D eigenvalue weighted by Crippen LogP contribution is -2.23. The van der Waals surface area contributed by atoms with Gasteiger partial charge in [-0.3, -0.25) is 9.59 Å². The van der Waals surface area contributed by atoms with E-state index in [0.29, 0.717) is 18.5 Å². The lowest BCUT2D eigenvalue weighted by Gasteiger charge is -2.10. The number of halogens is 2. The van der Waals surface area contributed by atoms with Crippen molar-refractivity contribution in [1.29, 1.82) is 0 Å². The van der Waals surface area contributed by atoms with Crippen LogP contribution in [0, 0.1) is 11.6 Å². The first-order valence-electron chi connectivity index (χ1n) is 10.6. The molecule has 0 bridgehead atoms. The Kier molecular flexibility index (Phi) is 8.00. The maximum Gasteiger partial charge on any atom is 0.267 e. The zero-order valence-electron chi connectivity index (χ0n) is 18.4. The van der Waals surface area contributed by atoms with Crippen LogP contribution in [0.25, 0.3) is 11.3 Å². The van der Waals surface area contributed by atoms with Crippen molar-refractivity contribution in [2.45, 2.75) is 32.2 Å². The molecule has 0 saturated heterocycles. The fourth-order valence-electron chi connectivity index (χ4n) is 3.50. The van der Waals surface area contributed by atoms with Crippen molar-refractivity contribution >= 4 is 5.78 Å². The molecule has 1 aromatic heterocycles. The summed E-state index contributed by atoms with van der Waals surface area (Å²) in [6, 6.07) is 13.4. The van der Waals surface area contributed by atoms with E-state index in [-0.39, 0.29) is 23.5 Å². The lowest BCUT2D eigenvalue weighted by atomic mass is 10.0. The summed E-state index contributed by atoms with van der Waals surface area (Å²) < 4.78 is 28.4. The first kappa shape index (κ1) is 23.5. The highest BCUT2D eigenvalue weighted by Crippen LogP contribution is 2.19. The largest absolute Gasteiger partial charge is 0.309 e. The summed E-state index contributed by atoms with van der Waals surface area (Å²) >= 11 is 0. The number of unbranched alkanes of at least 4 members (excludes halogenated alkanes) is 1. The number of rotatable bonds is 10. The highest BCUT2D eigenvalue weighted by molar-refractivity contribution is 5.80. The van der Waals surface area contributed by atoms with E-state index in [1.165, 1.54) is 28.9 Å². The van der Waals surface area contributed by atoms with Crippen molar-refractivity contribution in [3.05, 3.63) is 87.7 Å². The van der Waals surface area contributed by atoms with Crippen molar-refractivity contribution < 1.29 is 13.6 Å². The number of hydrogen-bond donors (Lipinski definition) is 0. The Bertz CT molecular complexity index is 1120. The van der Waals surface area contributed by atoms with Gasteiger partial charge in [-0.2, -0.15) is 5.10 Å². The summed E-state index contributed by atoms with van der Waals surface area (Å²) in [5, 5.41) is 4.27. The minimum atomic E-state index is -0.710. The number of carbonyl (C=O) groups excluding carboxylic acids is 1. The molecule has 7 heteroatoms. The summed E-state index contributed by atoms with van der Waals surface area (Å²) in [7, 11) is 4.03. The number of ketones is 1. The minimum Gasteiger partial charge on any atom is -0.309 e. The summed E-state index contributed by atoms with van der Waals surface area (Å²) in [4.78, 5) is 26.7.